The lowest BCUT2D eigenvalue weighted by atomic mass is 9.91. The summed E-state index contributed by atoms with van der Waals surface area (Å²) >= 11 is 3.54. The number of rotatable bonds is 8. The largest absolute Gasteiger partial charge is 0.496 e. The van der Waals surface area contributed by atoms with Crippen LogP contribution in [0.4, 0.5) is 0 Å². The molecule has 1 aliphatic heterocycles. The number of hydrogen-bond donors (Lipinski definition) is 2. The van der Waals surface area contributed by atoms with Crippen LogP contribution in [0.25, 0.3) is 10.9 Å². The Kier molecular flexibility index (Phi) is 7.43. The molecule has 198 valence electrons. The van der Waals surface area contributed by atoms with E-state index >= 15 is 0 Å². The van der Waals surface area contributed by atoms with Crippen molar-refractivity contribution >= 4 is 50.2 Å². The molecule has 2 aromatic rings. The number of H-pyrrole nitrogens is 1. The molecular weight excluding hydrogens is 538 g/mol. The minimum atomic E-state index is -0.699. The lowest BCUT2D eigenvalue weighted by molar-refractivity contribution is -0.131. The third kappa shape index (κ3) is 4.82. The molecule has 5 unspecified atom stereocenters. The van der Waals surface area contributed by atoms with E-state index in [-0.39, 0.29) is 47.6 Å². The monoisotopic (exact) mass is 571 g/mol. The Hall–Kier alpha value is -2.68. The Labute approximate surface area is 225 Å². The third-order valence-electron chi connectivity index (χ3n) is 8.58. The number of halogens is 1. The molecule has 3 fully saturated rings. The van der Waals surface area contributed by atoms with E-state index in [0.717, 1.165) is 47.5 Å². The SMILES string of the molecule is CCC(=O)C(CC1CCCC1=O)NC(=O)C1C2CCCC2CN1C(=O)c1cc2c(OC)ccc(Br)c2[nH]1. The van der Waals surface area contributed by atoms with Crippen molar-refractivity contribution in [1.29, 1.82) is 0 Å². The first-order valence-corrected chi connectivity index (χ1v) is 14.1. The lowest BCUT2D eigenvalue weighted by Gasteiger charge is -2.29. The van der Waals surface area contributed by atoms with Crippen LogP contribution >= 0.6 is 15.9 Å². The fourth-order valence-electron chi connectivity index (χ4n) is 6.65. The molecule has 1 aromatic heterocycles. The van der Waals surface area contributed by atoms with Gasteiger partial charge in [0.05, 0.1) is 18.7 Å². The number of nitrogens with zero attached hydrogens (tertiary/aromatic N) is 1. The maximum absolute atomic E-state index is 13.8. The molecule has 0 radical (unpaired) electrons. The van der Waals surface area contributed by atoms with E-state index in [4.69, 9.17) is 4.74 Å². The molecule has 2 aliphatic carbocycles. The lowest BCUT2D eigenvalue weighted by Crippen LogP contribution is -2.53. The molecule has 0 spiro atoms. The number of methoxy groups -OCH3 is 1. The van der Waals surface area contributed by atoms with Gasteiger partial charge < -0.3 is 19.9 Å². The molecule has 0 bridgehead atoms. The van der Waals surface area contributed by atoms with Gasteiger partial charge in [0.15, 0.2) is 5.78 Å². The number of carbonyl (C=O) groups is 4. The predicted molar refractivity (Wildman–Crippen MR) is 142 cm³/mol. The van der Waals surface area contributed by atoms with Gasteiger partial charge in [0.2, 0.25) is 5.91 Å². The molecule has 37 heavy (non-hydrogen) atoms. The maximum Gasteiger partial charge on any atom is 0.271 e. The number of fused-ring (bicyclic) bond motifs is 2. The minimum Gasteiger partial charge on any atom is -0.496 e. The van der Waals surface area contributed by atoms with E-state index in [1.165, 1.54) is 0 Å². The molecule has 2 heterocycles. The number of ketones is 2. The van der Waals surface area contributed by atoms with Crippen LogP contribution in [0.15, 0.2) is 22.7 Å². The average Bonchev–Trinajstić information content (AvgIpc) is 3.67. The first-order chi connectivity index (χ1) is 17.8. The Morgan fingerprint density at radius 1 is 1.22 bits per heavy atom. The number of aromatic amines is 1. The zero-order valence-electron chi connectivity index (χ0n) is 21.3. The topological polar surface area (TPSA) is 109 Å². The van der Waals surface area contributed by atoms with E-state index in [9.17, 15) is 19.2 Å². The van der Waals surface area contributed by atoms with Gasteiger partial charge in [-0.25, -0.2) is 0 Å². The summed E-state index contributed by atoms with van der Waals surface area (Å²) in [6, 6.07) is 4.14. The van der Waals surface area contributed by atoms with Gasteiger partial charge >= 0.3 is 0 Å². The highest BCUT2D eigenvalue weighted by atomic mass is 79.9. The highest BCUT2D eigenvalue weighted by Gasteiger charge is 2.50. The summed E-state index contributed by atoms with van der Waals surface area (Å²) in [5.74, 6) is 0.405. The summed E-state index contributed by atoms with van der Waals surface area (Å²) in [6.07, 6.45) is 5.69. The van der Waals surface area contributed by atoms with Crippen LogP contribution in [0.3, 0.4) is 0 Å². The first kappa shape index (κ1) is 25.9. The number of ether oxygens (including phenoxy) is 1. The van der Waals surface area contributed by atoms with E-state index in [1.807, 2.05) is 12.1 Å². The van der Waals surface area contributed by atoms with Crippen molar-refractivity contribution < 1.29 is 23.9 Å². The molecule has 9 heteroatoms. The van der Waals surface area contributed by atoms with E-state index in [2.05, 4.69) is 26.2 Å². The van der Waals surface area contributed by atoms with Gasteiger partial charge in [0.1, 0.15) is 23.3 Å². The Bertz CT molecular complexity index is 1240. The predicted octanol–water partition coefficient (Wildman–Crippen LogP) is 4.40. The molecular formula is C28H34BrN3O5. The smallest absolute Gasteiger partial charge is 0.271 e. The zero-order chi connectivity index (χ0) is 26.3. The standard InChI is InChI=1S/C28H34BrN3O5/c1-3-22(33)20(12-15-6-5-9-23(15)34)31-27(35)26-17-8-4-7-16(17)14-32(26)28(36)21-13-18-24(37-2)11-10-19(29)25(18)30-21/h10-11,13,15-17,20,26,30H,3-9,12,14H2,1-2H3,(H,31,35). The molecule has 2 amide bonds. The number of carbonyl (C=O) groups excluding carboxylic acids is 4. The van der Waals surface area contributed by atoms with Crippen LogP contribution in [-0.2, 0) is 14.4 Å². The van der Waals surface area contributed by atoms with Crippen LogP contribution in [0.2, 0.25) is 0 Å². The minimum absolute atomic E-state index is 0.0695. The second kappa shape index (κ2) is 10.6. The third-order valence-corrected chi connectivity index (χ3v) is 9.24. The van der Waals surface area contributed by atoms with E-state index < -0.39 is 12.1 Å². The number of amides is 2. The summed E-state index contributed by atoms with van der Waals surface area (Å²) in [7, 11) is 1.59. The number of hydrogen-bond acceptors (Lipinski definition) is 5. The quantitative estimate of drug-likeness (QED) is 0.488. The number of likely N-dealkylation sites (tertiary alicyclic amines) is 1. The zero-order valence-corrected chi connectivity index (χ0v) is 22.9. The van der Waals surface area contributed by atoms with Crippen molar-refractivity contribution in [2.24, 2.45) is 17.8 Å². The summed E-state index contributed by atoms with van der Waals surface area (Å²) in [6.45, 7) is 2.29. The summed E-state index contributed by atoms with van der Waals surface area (Å²) in [4.78, 5) is 57.5. The first-order valence-electron chi connectivity index (χ1n) is 13.3. The normalized spacial score (nSPS) is 25.9. The van der Waals surface area contributed by atoms with Crippen LogP contribution < -0.4 is 10.1 Å². The molecule has 1 saturated heterocycles. The highest BCUT2D eigenvalue weighted by molar-refractivity contribution is 9.10. The highest BCUT2D eigenvalue weighted by Crippen LogP contribution is 2.43. The Balaban J connectivity index is 1.41. The summed E-state index contributed by atoms with van der Waals surface area (Å²) in [5.41, 5.74) is 1.16. The molecule has 5 atom stereocenters. The number of Topliss-reactive ketones (excluding diaryl/α,β-unsaturated/α-hetero) is 2. The number of aromatic nitrogens is 1. The van der Waals surface area contributed by atoms with Gasteiger partial charge in [-0.2, -0.15) is 0 Å². The van der Waals surface area contributed by atoms with Crippen molar-refractivity contribution in [2.75, 3.05) is 13.7 Å². The van der Waals surface area contributed by atoms with Gasteiger partial charge in [-0.3, -0.25) is 19.2 Å². The molecule has 8 nitrogen and oxygen atoms in total. The maximum atomic E-state index is 13.8. The van der Waals surface area contributed by atoms with Crippen molar-refractivity contribution in [3.8, 4) is 5.75 Å². The number of nitrogens with one attached hydrogen (secondary N) is 2. The second-order valence-corrected chi connectivity index (χ2v) is 11.5. The molecule has 2 N–H and O–H groups in total. The fourth-order valence-corrected chi connectivity index (χ4v) is 7.10. The average molecular weight is 573 g/mol. The van der Waals surface area contributed by atoms with Gasteiger partial charge in [-0.15, -0.1) is 0 Å². The van der Waals surface area contributed by atoms with Crippen molar-refractivity contribution in [3.05, 3.63) is 28.4 Å². The molecule has 5 rings (SSSR count). The number of benzene rings is 1. The van der Waals surface area contributed by atoms with Gasteiger partial charge in [-0.05, 0) is 78.1 Å². The molecule has 2 saturated carbocycles. The van der Waals surface area contributed by atoms with Crippen LogP contribution in [0, 0.1) is 17.8 Å². The van der Waals surface area contributed by atoms with Crippen molar-refractivity contribution in [2.45, 2.75) is 70.4 Å². The van der Waals surface area contributed by atoms with Crippen molar-refractivity contribution in [3.63, 3.8) is 0 Å². The summed E-state index contributed by atoms with van der Waals surface area (Å²) in [5, 5.41) is 3.78. The van der Waals surface area contributed by atoms with Gasteiger partial charge in [0, 0.05) is 35.2 Å². The van der Waals surface area contributed by atoms with E-state index in [0.29, 0.717) is 30.8 Å². The van der Waals surface area contributed by atoms with E-state index in [1.54, 1.807) is 25.0 Å². The van der Waals surface area contributed by atoms with Crippen LogP contribution in [0.1, 0.15) is 68.8 Å². The van der Waals surface area contributed by atoms with Crippen molar-refractivity contribution in [1.82, 2.24) is 15.2 Å². The van der Waals surface area contributed by atoms with Crippen LogP contribution in [0.5, 0.6) is 5.75 Å². The Morgan fingerprint density at radius 3 is 2.73 bits per heavy atom. The van der Waals surface area contributed by atoms with Gasteiger partial charge in [0.25, 0.3) is 5.91 Å². The van der Waals surface area contributed by atoms with Crippen LogP contribution in [-0.4, -0.2) is 59.0 Å². The second-order valence-electron chi connectivity index (χ2n) is 10.7. The molecule has 1 aromatic carbocycles. The summed E-state index contributed by atoms with van der Waals surface area (Å²) < 4.78 is 6.29. The Morgan fingerprint density at radius 2 is 2.03 bits per heavy atom. The molecule has 3 aliphatic rings. The van der Waals surface area contributed by atoms with Gasteiger partial charge in [-0.1, -0.05) is 13.3 Å². The fraction of sp³-hybridized carbons (Fsp3) is 0.571.